The Kier molecular flexibility index (Phi) is 6.25. The topological polar surface area (TPSA) is 97.0 Å². The Morgan fingerprint density at radius 3 is 2.74 bits per heavy atom. The minimum Gasteiger partial charge on any atom is -0.462 e. The Hall–Kier alpha value is -2.65. The largest absolute Gasteiger partial charge is 0.462 e. The number of esters is 1. The first-order chi connectivity index (χ1) is 13.1. The summed E-state index contributed by atoms with van der Waals surface area (Å²) in [6.07, 6.45) is 1.38. The molecule has 0 aliphatic heterocycles. The van der Waals surface area contributed by atoms with Gasteiger partial charge in [0.25, 0.3) is 0 Å². The average molecular weight is 403 g/mol. The summed E-state index contributed by atoms with van der Waals surface area (Å²) in [6.45, 7) is 3.94. The van der Waals surface area contributed by atoms with Gasteiger partial charge in [-0.15, -0.1) is 11.3 Å². The summed E-state index contributed by atoms with van der Waals surface area (Å²) in [5, 5.41) is 10.3. The van der Waals surface area contributed by atoms with E-state index in [1.165, 1.54) is 29.4 Å². The fraction of sp³-hybridized carbons (Fsp3) is 0.222. The van der Waals surface area contributed by atoms with Gasteiger partial charge in [-0.2, -0.15) is 5.10 Å². The van der Waals surface area contributed by atoms with Gasteiger partial charge < -0.3 is 10.1 Å². The van der Waals surface area contributed by atoms with Gasteiger partial charge in [-0.25, -0.2) is 9.78 Å². The molecule has 0 bridgehead atoms. The van der Waals surface area contributed by atoms with E-state index in [0.29, 0.717) is 15.7 Å². The molecule has 27 heavy (non-hydrogen) atoms. The number of anilines is 1. The van der Waals surface area contributed by atoms with Crippen molar-refractivity contribution in [1.82, 2.24) is 15.2 Å². The van der Waals surface area contributed by atoms with E-state index in [1.54, 1.807) is 6.92 Å². The van der Waals surface area contributed by atoms with E-state index in [-0.39, 0.29) is 18.3 Å². The van der Waals surface area contributed by atoms with Crippen molar-refractivity contribution >= 4 is 40.0 Å². The van der Waals surface area contributed by atoms with Gasteiger partial charge in [0.15, 0.2) is 5.16 Å². The number of rotatable bonds is 7. The van der Waals surface area contributed by atoms with Gasteiger partial charge in [0.05, 0.1) is 12.4 Å². The van der Waals surface area contributed by atoms with Gasteiger partial charge in [0.1, 0.15) is 16.9 Å². The van der Waals surface area contributed by atoms with Crippen LogP contribution in [-0.2, 0) is 9.53 Å². The fourth-order valence-corrected chi connectivity index (χ4v) is 4.20. The fourth-order valence-electron chi connectivity index (χ4n) is 2.54. The van der Waals surface area contributed by atoms with Crippen molar-refractivity contribution < 1.29 is 14.3 Å². The lowest BCUT2D eigenvalue weighted by Crippen LogP contribution is -2.16. The third-order valence-electron chi connectivity index (χ3n) is 3.61. The highest BCUT2D eigenvalue weighted by molar-refractivity contribution is 7.99. The van der Waals surface area contributed by atoms with Gasteiger partial charge in [-0.1, -0.05) is 42.1 Å². The quantitative estimate of drug-likeness (QED) is 0.461. The van der Waals surface area contributed by atoms with Crippen LogP contribution in [0.5, 0.6) is 0 Å². The summed E-state index contributed by atoms with van der Waals surface area (Å²) < 4.78 is 5.23. The summed E-state index contributed by atoms with van der Waals surface area (Å²) in [4.78, 5) is 29.9. The lowest BCUT2D eigenvalue weighted by atomic mass is 10.0. The highest BCUT2D eigenvalue weighted by atomic mass is 32.2. The van der Waals surface area contributed by atoms with Crippen molar-refractivity contribution in [3.8, 4) is 11.1 Å². The average Bonchev–Trinajstić information content (AvgIpc) is 3.28. The maximum absolute atomic E-state index is 12.6. The highest BCUT2D eigenvalue weighted by Gasteiger charge is 2.25. The predicted molar refractivity (Wildman–Crippen MR) is 106 cm³/mol. The smallest absolute Gasteiger partial charge is 0.341 e. The number of H-pyrrole nitrogens is 1. The van der Waals surface area contributed by atoms with Crippen LogP contribution in [-0.4, -0.2) is 39.4 Å². The summed E-state index contributed by atoms with van der Waals surface area (Å²) in [5.41, 5.74) is 2.09. The third-order valence-corrected chi connectivity index (χ3v) is 5.51. The van der Waals surface area contributed by atoms with Crippen LogP contribution in [0.4, 0.5) is 5.00 Å². The summed E-state index contributed by atoms with van der Waals surface area (Å²) in [7, 11) is 0. The van der Waals surface area contributed by atoms with Crippen LogP contribution in [0.2, 0.25) is 0 Å². The maximum atomic E-state index is 12.6. The second kappa shape index (κ2) is 8.83. The first kappa shape index (κ1) is 19.1. The molecular formula is C18H18N4O3S2. The van der Waals surface area contributed by atoms with Crippen molar-refractivity contribution in [3.05, 3.63) is 47.1 Å². The molecule has 1 aromatic carbocycles. The number of aromatic nitrogens is 3. The molecule has 2 heterocycles. The van der Waals surface area contributed by atoms with E-state index in [4.69, 9.17) is 4.74 Å². The number of hydrogen-bond acceptors (Lipinski definition) is 7. The summed E-state index contributed by atoms with van der Waals surface area (Å²) in [6, 6.07) is 9.60. The second-order valence-corrected chi connectivity index (χ2v) is 7.64. The standard InChI is InChI=1S/C18H18N4O3S2/c1-3-25-17(24)15-14(12-7-5-4-6-8-12)11(2)27-16(15)21-13(23)9-26-18-19-10-20-22-18/h4-8,10H,3,9H2,1-2H3,(H,21,23)(H,19,20,22). The number of carbonyl (C=O) groups is 2. The molecule has 0 fully saturated rings. The lowest BCUT2D eigenvalue weighted by molar-refractivity contribution is -0.113. The number of hydrogen-bond donors (Lipinski definition) is 2. The van der Waals surface area contributed by atoms with Crippen LogP contribution < -0.4 is 5.32 Å². The van der Waals surface area contributed by atoms with Crippen LogP contribution in [0.15, 0.2) is 41.8 Å². The molecule has 0 atom stereocenters. The van der Waals surface area contributed by atoms with Crippen molar-refractivity contribution in [3.63, 3.8) is 0 Å². The van der Waals surface area contributed by atoms with Gasteiger partial charge >= 0.3 is 5.97 Å². The number of nitrogens with zero attached hydrogens (tertiary/aromatic N) is 2. The monoisotopic (exact) mass is 402 g/mol. The van der Waals surface area contributed by atoms with Gasteiger partial charge in [0.2, 0.25) is 5.91 Å². The Morgan fingerprint density at radius 2 is 2.07 bits per heavy atom. The van der Waals surface area contributed by atoms with E-state index < -0.39 is 5.97 Å². The Morgan fingerprint density at radius 1 is 1.30 bits per heavy atom. The number of nitrogens with one attached hydrogen (secondary N) is 2. The third kappa shape index (κ3) is 4.55. The second-order valence-electron chi connectivity index (χ2n) is 5.45. The molecule has 1 amide bonds. The number of carbonyl (C=O) groups excluding carboxylic acids is 2. The molecule has 2 aromatic heterocycles. The van der Waals surface area contributed by atoms with E-state index in [0.717, 1.165) is 16.0 Å². The minimum absolute atomic E-state index is 0.148. The van der Waals surface area contributed by atoms with E-state index >= 15 is 0 Å². The van der Waals surface area contributed by atoms with E-state index in [1.807, 2.05) is 37.3 Å². The predicted octanol–water partition coefficient (Wildman–Crippen LogP) is 3.75. The number of thioether (sulfide) groups is 1. The molecule has 3 aromatic rings. The first-order valence-electron chi connectivity index (χ1n) is 8.24. The molecular weight excluding hydrogens is 384 g/mol. The molecule has 0 saturated heterocycles. The van der Waals surface area contributed by atoms with Crippen LogP contribution in [0.3, 0.4) is 0 Å². The zero-order valence-electron chi connectivity index (χ0n) is 14.8. The van der Waals surface area contributed by atoms with Crippen LogP contribution in [0.25, 0.3) is 11.1 Å². The molecule has 0 aliphatic rings. The highest BCUT2D eigenvalue weighted by Crippen LogP contribution is 2.40. The zero-order valence-corrected chi connectivity index (χ0v) is 16.4. The zero-order chi connectivity index (χ0) is 19.2. The molecule has 0 unspecified atom stereocenters. The van der Waals surface area contributed by atoms with Crippen LogP contribution in [0, 0.1) is 6.92 Å². The molecule has 0 spiro atoms. The molecule has 2 N–H and O–H groups in total. The molecule has 9 heteroatoms. The number of aryl methyl sites for hydroxylation is 1. The SMILES string of the molecule is CCOC(=O)c1c(NC(=O)CSc2ncn[nH]2)sc(C)c1-c1ccccc1. The van der Waals surface area contributed by atoms with Crippen molar-refractivity contribution in [2.24, 2.45) is 0 Å². The minimum atomic E-state index is -0.445. The number of aromatic amines is 1. The molecule has 3 rings (SSSR count). The van der Waals surface area contributed by atoms with Crippen molar-refractivity contribution in [2.45, 2.75) is 19.0 Å². The summed E-state index contributed by atoms with van der Waals surface area (Å²) >= 11 is 2.60. The number of benzene rings is 1. The molecule has 7 nitrogen and oxygen atoms in total. The Bertz CT molecular complexity index is 924. The van der Waals surface area contributed by atoms with Gasteiger partial charge in [-0.3, -0.25) is 9.89 Å². The number of ether oxygens (including phenoxy) is 1. The molecule has 0 aliphatic carbocycles. The van der Waals surface area contributed by atoms with Crippen molar-refractivity contribution in [1.29, 1.82) is 0 Å². The molecule has 0 saturated carbocycles. The Labute approximate surface area is 164 Å². The van der Waals surface area contributed by atoms with E-state index in [2.05, 4.69) is 20.5 Å². The van der Waals surface area contributed by atoms with E-state index in [9.17, 15) is 9.59 Å². The normalized spacial score (nSPS) is 10.6. The van der Waals surface area contributed by atoms with Gasteiger partial charge in [-0.05, 0) is 19.4 Å². The summed E-state index contributed by atoms with van der Waals surface area (Å²) in [5.74, 6) is -0.531. The lowest BCUT2D eigenvalue weighted by Gasteiger charge is -2.09. The van der Waals surface area contributed by atoms with Gasteiger partial charge in [0, 0.05) is 10.4 Å². The maximum Gasteiger partial charge on any atom is 0.341 e. The number of amides is 1. The molecule has 0 radical (unpaired) electrons. The van der Waals surface area contributed by atoms with Crippen LogP contribution in [0.1, 0.15) is 22.2 Å². The molecule has 140 valence electrons. The van der Waals surface area contributed by atoms with Crippen molar-refractivity contribution in [2.75, 3.05) is 17.7 Å². The Balaban J connectivity index is 1.87. The number of thiophene rings is 1. The van der Waals surface area contributed by atoms with Crippen LogP contribution >= 0.6 is 23.1 Å². The first-order valence-corrected chi connectivity index (χ1v) is 10.0.